The molecule has 3 aromatic rings. The lowest BCUT2D eigenvalue weighted by Gasteiger charge is -2.32. The van der Waals surface area contributed by atoms with Crippen LogP contribution >= 0.6 is 11.6 Å². The normalized spacial score (nSPS) is 12.1. The van der Waals surface area contributed by atoms with Crippen molar-refractivity contribution in [3.63, 3.8) is 0 Å². The summed E-state index contributed by atoms with van der Waals surface area (Å²) in [7, 11) is -2.07. The Morgan fingerprint density at radius 3 is 2.29 bits per heavy atom. The zero-order valence-electron chi connectivity index (χ0n) is 24.8. The van der Waals surface area contributed by atoms with Crippen molar-refractivity contribution in [1.29, 1.82) is 0 Å². The van der Waals surface area contributed by atoms with Crippen molar-refractivity contribution in [2.24, 2.45) is 0 Å². The van der Waals surface area contributed by atoms with Gasteiger partial charge in [0.25, 0.3) is 0 Å². The van der Waals surface area contributed by atoms with E-state index in [1.54, 1.807) is 37.1 Å². The van der Waals surface area contributed by atoms with Crippen LogP contribution in [0.4, 0.5) is 5.69 Å². The van der Waals surface area contributed by atoms with E-state index >= 15 is 0 Å². The van der Waals surface area contributed by atoms with E-state index in [-0.39, 0.29) is 43.8 Å². The maximum absolute atomic E-state index is 13.9. The first kappa shape index (κ1) is 32.9. The van der Waals surface area contributed by atoms with E-state index in [2.05, 4.69) is 5.32 Å². The summed E-state index contributed by atoms with van der Waals surface area (Å²) >= 11 is 6.27. The van der Waals surface area contributed by atoms with Gasteiger partial charge in [-0.1, -0.05) is 60.1 Å². The van der Waals surface area contributed by atoms with E-state index in [9.17, 15) is 18.0 Å². The molecule has 10 heteroatoms. The number of rotatable bonds is 14. The molecule has 0 aromatic heterocycles. The highest BCUT2D eigenvalue weighted by atomic mass is 35.5. The largest absolute Gasteiger partial charge is 0.497 e. The summed E-state index contributed by atoms with van der Waals surface area (Å²) in [4.78, 5) is 29.1. The third kappa shape index (κ3) is 9.22. The first-order chi connectivity index (χ1) is 19.9. The highest BCUT2D eigenvalue weighted by Crippen LogP contribution is 2.29. The number of sulfonamides is 1. The molecule has 3 rings (SSSR count). The van der Waals surface area contributed by atoms with Gasteiger partial charge in [-0.2, -0.15) is 0 Å². The molecule has 3 aromatic carbocycles. The van der Waals surface area contributed by atoms with Crippen LogP contribution in [-0.2, 0) is 32.6 Å². The van der Waals surface area contributed by atoms with E-state index in [0.29, 0.717) is 28.4 Å². The maximum atomic E-state index is 13.9. The Labute approximate surface area is 254 Å². The number of anilines is 1. The molecule has 0 saturated carbocycles. The molecule has 0 spiro atoms. The number of halogens is 1. The quantitative estimate of drug-likeness (QED) is 0.264. The van der Waals surface area contributed by atoms with Crippen LogP contribution in [0.5, 0.6) is 5.75 Å². The van der Waals surface area contributed by atoms with Gasteiger partial charge in [-0.05, 0) is 68.1 Å². The number of hydrogen-bond acceptors (Lipinski definition) is 5. The van der Waals surface area contributed by atoms with E-state index in [1.165, 1.54) is 4.31 Å². The van der Waals surface area contributed by atoms with Crippen molar-refractivity contribution in [3.05, 3.63) is 94.5 Å². The number of ether oxygens (including phenoxy) is 1. The zero-order valence-corrected chi connectivity index (χ0v) is 26.4. The third-order valence-corrected chi connectivity index (χ3v) is 8.44. The lowest BCUT2D eigenvalue weighted by molar-refractivity contribution is -0.141. The smallest absolute Gasteiger partial charge is 0.243 e. The minimum Gasteiger partial charge on any atom is -0.497 e. The molecule has 0 saturated heterocycles. The lowest BCUT2D eigenvalue weighted by atomic mass is 10.0. The van der Waals surface area contributed by atoms with Crippen LogP contribution in [0.2, 0.25) is 5.02 Å². The molecule has 0 bridgehead atoms. The second kappa shape index (κ2) is 15.1. The Morgan fingerprint density at radius 2 is 1.64 bits per heavy atom. The fraction of sp³-hybridized carbons (Fsp3) is 0.375. The number of benzene rings is 3. The zero-order chi connectivity index (χ0) is 30.9. The van der Waals surface area contributed by atoms with E-state index in [1.807, 2.05) is 68.4 Å². The van der Waals surface area contributed by atoms with E-state index in [0.717, 1.165) is 17.4 Å². The highest BCUT2D eigenvalue weighted by molar-refractivity contribution is 7.92. The summed E-state index contributed by atoms with van der Waals surface area (Å²) in [5, 5.41) is 3.44. The van der Waals surface area contributed by atoms with E-state index < -0.39 is 16.1 Å². The molecule has 0 radical (unpaired) electrons. The van der Waals surface area contributed by atoms with Crippen LogP contribution in [0.15, 0.2) is 72.8 Å². The molecular weight excluding hydrogens is 574 g/mol. The van der Waals surface area contributed by atoms with Gasteiger partial charge in [-0.3, -0.25) is 13.9 Å². The van der Waals surface area contributed by atoms with Gasteiger partial charge in [0.1, 0.15) is 11.8 Å². The fourth-order valence-corrected chi connectivity index (χ4v) is 5.94. The number of nitrogens with zero attached hydrogens (tertiary/aromatic N) is 2. The summed E-state index contributed by atoms with van der Waals surface area (Å²) in [5.74, 6) is 0.137. The van der Waals surface area contributed by atoms with Gasteiger partial charge in [0.2, 0.25) is 21.8 Å². The predicted molar refractivity (Wildman–Crippen MR) is 168 cm³/mol. The van der Waals surface area contributed by atoms with Crippen molar-refractivity contribution in [2.45, 2.75) is 58.7 Å². The summed E-state index contributed by atoms with van der Waals surface area (Å²) < 4.78 is 32.1. The maximum Gasteiger partial charge on any atom is 0.243 e. The number of hydrogen-bond donors (Lipinski definition) is 1. The molecule has 42 heavy (non-hydrogen) atoms. The predicted octanol–water partition coefficient (Wildman–Crippen LogP) is 5.37. The van der Waals surface area contributed by atoms with Crippen molar-refractivity contribution < 1.29 is 22.7 Å². The van der Waals surface area contributed by atoms with Crippen LogP contribution in [0.1, 0.15) is 43.4 Å². The van der Waals surface area contributed by atoms with E-state index in [4.69, 9.17) is 16.3 Å². The van der Waals surface area contributed by atoms with Crippen LogP contribution in [0.25, 0.3) is 0 Å². The minimum atomic E-state index is -3.64. The number of nitrogens with one attached hydrogen (secondary N) is 1. The van der Waals surface area contributed by atoms with Gasteiger partial charge >= 0.3 is 0 Å². The second-order valence-corrected chi connectivity index (χ2v) is 12.9. The summed E-state index contributed by atoms with van der Waals surface area (Å²) in [5.41, 5.74) is 2.85. The number of carbonyl (C=O) groups is 2. The van der Waals surface area contributed by atoms with Crippen molar-refractivity contribution >= 4 is 39.1 Å². The van der Waals surface area contributed by atoms with Crippen LogP contribution in [-0.4, -0.2) is 57.1 Å². The molecule has 226 valence electrons. The number of amides is 2. The fourth-order valence-electron chi connectivity index (χ4n) is 4.75. The molecule has 0 fully saturated rings. The first-order valence-corrected chi connectivity index (χ1v) is 16.1. The summed E-state index contributed by atoms with van der Waals surface area (Å²) in [6.07, 6.45) is 1.74. The molecule has 0 aliphatic carbocycles. The standard InChI is InChI=1S/C32H40ClN3O5S/c1-23(2)34-32(38)30(21-25-12-7-6-8-13-25)35(22-26-14-9-15-27(20-26)41-4)31(37)18-11-19-36(42(5,39)40)29-17-10-16-28(33)24(29)3/h6-10,12-17,20,23,30H,11,18-19,21-22H2,1-5H3,(H,34,38)/t30-/m1/s1. The molecule has 1 atom stereocenters. The number of methoxy groups -OCH3 is 1. The Hall–Kier alpha value is -3.56. The molecule has 0 unspecified atom stereocenters. The molecular formula is C32H40ClN3O5S. The van der Waals surface area contributed by atoms with Gasteiger partial charge in [0, 0.05) is 37.0 Å². The Morgan fingerprint density at radius 1 is 0.976 bits per heavy atom. The summed E-state index contributed by atoms with van der Waals surface area (Å²) in [6, 6.07) is 21.2. The van der Waals surface area contributed by atoms with Crippen LogP contribution < -0.4 is 14.4 Å². The third-order valence-electron chi connectivity index (χ3n) is 6.85. The van der Waals surface area contributed by atoms with Crippen molar-refractivity contribution in [1.82, 2.24) is 10.2 Å². The molecule has 0 aliphatic rings. The average Bonchev–Trinajstić information content (AvgIpc) is 2.94. The monoisotopic (exact) mass is 613 g/mol. The molecule has 1 N–H and O–H groups in total. The van der Waals surface area contributed by atoms with Crippen molar-refractivity contribution in [2.75, 3.05) is 24.2 Å². The molecule has 0 heterocycles. The topological polar surface area (TPSA) is 96.0 Å². The van der Waals surface area contributed by atoms with Gasteiger partial charge in [0.05, 0.1) is 19.1 Å². The SMILES string of the molecule is COc1cccc(CN(C(=O)CCCN(c2cccc(Cl)c2C)S(C)(=O)=O)[C@H](Cc2ccccc2)C(=O)NC(C)C)c1. The highest BCUT2D eigenvalue weighted by Gasteiger charge is 2.31. The Kier molecular flexibility index (Phi) is 11.8. The Balaban J connectivity index is 1.92. The Bertz CT molecular complexity index is 1460. The molecule has 2 amide bonds. The first-order valence-electron chi connectivity index (χ1n) is 13.9. The second-order valence-electron chi connectivity index (χ2n) is 10.6. The van der Waals surface area contributed by atoms with Gasteiger partial charge in [-0.15, -0.1) is 0 Å². The van der Waals surface area contributed by atoms with Crippen molar-refractivity contribution in [3.8, 4) is 5.75 Å². The van der Waals surface area contributed by atoms with Gasteiger partial charge < -0.3 is 15.0 Å². The minimum absolute atomic E-state index is 0.0375. The van der Waals surface area contributed by atoms with Gasteiger partial charge in [0.15, 0.2) is 0 Å². The lowest BCUT2D eigenvalue weighted by Crippen LogP contribution is -2.51. The van der Waals surface area contributed by atoms with Crippen LogP contribution in [0.3, 0.4) is 0 Å². The number of carbonyl (C=O) groups excluding carboxylic acids is 2. The van der Waals surface area contributed by atoms with Gasteiger partial charge in [-0.25, -0.2) is 8.42 Å². The summed E-state index contributed by atoms with van der Waals surface area (Å²) in [6.45, 7) is 5.79. The molecule has 8 nitrogen and oxygen atoms in total. The van der Waals surface area contributed by atoms with Crippen LogP contribution in [0, 0.1) is 6.92 Å². The molecule has 0 aliphatic heterocycles. The average molecular weight is 614 g/mol.